The first kappa shape index (κ1) is 16.2. The number of allylic oxidation sites excluding steroid dienone is 2. The number of fused-ring (bicyclic) bond motifs is 1. The number of hydrogen-bond donors (Lipinski definition) is 1. The summed E-state index contributed by atoms with van der Waals surface area (Å²) in [6, 6.07) is 0. The number of nitrogens with one attached hydrogen (secondary N) is 1. The maximum atomic E-state index is 12.3. The number of nitrogens with zero attached hydrogens (tertiary/aromatic N) is 1. The molecule has 23 heavy (non-hydrogen) atoms. The van der Waals surface area contributed by atoms with E-state index < -0.39 is 0 Å². The van der Waals surface area contributed by atoms with Crippen LogP contribution >= 0.6 is 0 Å². The van der Waals surface area contributed by atoms with E-state index in [2.05, 4.69) is 5.32 Å². The van der Waals surface area contributed by atoms with Gasteiger partial charge < -0.3 is 5.32 Å². The van der Waals surface area contributed by atoms with Crippen LogP contribution in [-0.2, 0) is 14.4 Å². The monoisotopic (exact) mass is 318 g/mol. The van der Waals surface area contributed by atoms with Gasteiger partial charge in [-0.2, -0.15) is 0 Å². The van der Waals surface area contributed by atoms with Crippen LogP contribution in [0.1, 0.15) is 51.4 Å². The van der Waals surface area contributed by atoms with Gasteiger partial charge in [-0.1, -0.05) is 31.4 Å². The average Bonchev–Trinajstić information content (AvgIpc) is 2.83. The van der Waals surface area contributed by atoms with Crippen molar-refractivity contribution < 1.29 is 14.4 Å². The van der Waals surface area contributed by atoms with Crippen LogP contribution in [0.4, 0.5) is 0 Å². The Balaban J connectivity index is 1.43. The van der Waals surface area contributed by atoms with Crippen LogP contribution in [0.2, 0.25) is 0 Å². The van der Waals surface area contributed by atoms with E-state index in [-0.39, 0.29) is 42.5 Å². The number of likely N-dealkylation sites (tertiary alicyclic amines) is 1. The van der Waals surface area contributed by atoms with E-state index >= 15 is 0 Å². The van der Waals surface area contributed by atoms with Crippen molar-refractivity contribution >= 4 is 17.7 Å². The van der Waals surface area contributed by atoms with Gasteiger partial charge in [0.05, 0.1) is 11.8 Å². The Hall–Kier alpha value is -1.65. The second kappa shape index (κ2) is 7.28. The van der Waals surface area contributed by atoms with Gasteiger partial charge >= 0.3 is 0 Å². The van der Waals surface area contributed by atoms with Crippen LogP contribution in [0, 0.1) is 17.8 Å². The molecule has 0 unspecified atom stereocenters. The fraction of sp³-hybridized carbons (Fsp3) is 0.722. The molecule has 0 aromatic heterocycles. The molecule has 0 aromatic carbocycles. The molecule has 3 aliphatic rings. The summed E-state index contributed by atoms with van der Waals surface area (Å²) in [5.74, 6) is -0.0367. The number of imide groups is 1. The van der Waals surface area contributed by atoms with Crippen LogP contribution in [0.5, 0.6) is 0 Å². The molecule has 0 aromatic rings. The zero-order chi connectivity index (χ0) is 16.2. The van der Waals surface area contributed by atoms with Gasteiger partial charge in [-0.15, -0.1) is 0 Å². The standard InChI is InChI=1S/C18H26N2O3/c21-16(19-12-13-6-2-1-3-7-13)10-11-20-17(22)14-8-4-5-9-15(14)18(20)23/h4-5,13-15H,1-3,6-12H2,(H,19,21)/t14-,15+. The molecule has 2 aliphatic carbocycles. The normalized spacial score (nSPS) is 28.1. The van der Waals surface area contributed by atoms with Crippen LogP contribution in [0.3, 0.4) is 0 Å². The third-order valence-corrected chi connectivity index (χ3v) is 5.47. The summed E-state index contributed by atoms with van der Waals surface area (Å²) >= 11 is 0. The highest BCUT2D eigenvalue weighted by molar-refractivity contribution is 6.05. The molecule has 0 bridgehead atoms. The highest BCUT2D eigenvalue weighted by atomic mass is 16.2. The van der Waals surface area contributed by atoms with Gasteiger partial charge in [0.15, 0.2) is 0 Å². The maximum Gasteiger partial charge on any atom is 0.233 e. The number of rotatable bonds is 5. The molecule has 126 valence electrons. The van der Waals surface area contributed by atoms with E-state index in [1.165, 1.54) is 37.0 Å². The lowest BCUT2D eigenvalue weighted by Gasteiger charge is -2.22. The molecule has 1 aliphatic heterocycles. The largest absolute Gasteiger partial charge is 0.356 e. The quantitative estimate of drug-likeness (QED) is 0.623. The topological polar surface area (TPSA) is 66.5 Å². The fourth-order valence-corrected chi connectivity index (χ4v) is 4.04. The average molecular weight is 318 g/mol. The van der Waals surface area contributed by atoms with E-state index in [0.29, 0.717) is 18.8 Å². The second-order valence-electron chi connectivity index (χ2n) is 7.04. The summed E-state index contributed by atoms with van der Waals surface area (Å²) in [4.78, 5) is 37.9. The summed E-state index contributed by atoms with van der Waals surface area (Å²) < 4.78 is 0. The summed E-state index contributed by atoms with van der Waals surface area (Å²) in [5.41, 5.74) is 0. The first-order valence-corrected chi connectivity index (χ1v) is 8.93. The van der Waals surface area contributed by atoms with Gasteiger partial charge in [0.25, 0.3) is 0 Å². The molecule has 2 atom stereocenters. The molecular weight excluding hydrogens is 292 g/mol. The molecular formula is C18H26N2O3. The van der Waals surface area contributed by atoms with Crippen LogP contribution in [0.25, 0.3) is 0 Å². The molecule has 1 N–H and O–H groups in total. The van der Waals surface area contributed by atoms with E-state index in [4.69, 9.17) is 0 Å². The van der Waals surface area contributed by atoms with E-state index in [0.717, 1.165) is 6.54 Å². The summed E-state index contributed by atoms with van der Waals surface area (Å²) in [5, 5.41) is 2.97. The van der Waals surface area contributed by atoms with Gasteiger partial charge in [-0.25, -0.2) is 0 Å². The van der Waals surface area contributed by atoms with Gasteiger partial charge in [0, 0.05) is 19.5 Å². The van der Waals surface area contributed by atoms with Crippen molar-refractivity contribution in [3.8, 4) is 0 Å². The number of carbonyl (C=O) groups excluding carboxylic acids is 3. The predicted octanol–water partition coefficient (Wildman–Crippen LogP) is 2.02. The molecule has 5 nitrogen and oxygen atoms in total. The van der Waals surface area contributed by atoms with Crippen molar-refractivity contribution in [2.75, 3.05) is 13.1 Å². The Labute approximate surface area is 137 Å². The molecule has 1 saturated heterocycles. The van der Waals surface area contributed by atoms with Crippen molar-refractivity contribution in [1.29, 1.82) is 0 Å². The first-order valence-electron chi connectivity index (χ1n) is 8.93. The number of carbonyl (C=O) groups is 3. The van der Waals surface area contributed by atoms with Crippen molar-refractivity contribution in [1.82, 2.24) is 10.2 Å². The highest BCUT2D eigenvalue weighted by Crippen LogP contribution is 2.35. The highest BCUT2D eigenvalue weighted by Gasteiger charge is 2.46. The minimum absolute atomic E-state index is 0.0517. The predicted molar refractivity (Wildman–Crippen MR) is 86.3 cm³/mol. The van der Waals surface area contributed by atoms with Gasteiger partial charge in [0.1, 0.15) is 0 Å². The Morgan fingerprint density at radius 3 is 2.26 bits per heavy atom. The van der Waals surface area contributed by atoms with E-state index in [1.807, 2.05) is 12.2 Å². The zero-order valence-corrected chi connectivity index (χ0v) is 13.6. The van der Waals surface area contributed by atoms with Crippen molar-refractivity contribution in [3.05, 3.63) is 12.2 Å². The van der Waals surface area contributed by atoms with Crippen molar-refractivity contribution in [3.63, 3.8) is 0 Å². The van der Waals surface area contributed by atoms with E-state index in [1.54, 1.807) is 0 Å². The van der Waals surface area contributed by atoms with Gasteiger partial charge in [0.2, 0.25) is 17.7 Å². The van der Waals surface area contributed by atoms with Crippen LogP contribution in [0.15, 0.2) is 12.2 Å². The van der Waals surface area contributed by atoms with Crippen LogP contribution < -0.4 is 5.32 Å². The minimum Gasteiger partial charge on any atom is -0.356 e. The fourth-order valence-electron chi connectivity index (χ4n) is 4.04. The first-order chi connectivity index (χ1) is 11.2. The number of amides is 3. The minimum atomic E-state index is -0.196. The SMILES string of the molecule is O=C(CCN1C(=O)[C@H]2CC=CC[C@H]2C1=O)NCC1CCCCC1. The third kappa shape index (κ3) is 3.65. The Kier molecular flexibility index (Phi) is 5.13. The third-order valence-electron chi connectivity index (χ3n) is 5.47. The summed E-state index contributed by atoms with van der Waals surface area (Å²) in [7, 11) is 0. The molecule has 3 rings (SSSR count). The Morgan fingerprint density at radius 2 is 1.65 bits per heavy atom. The second-order valence-corrected chi connectivity index (χ2v) is 7.04. The van der Waals surface area contributed by atoms with Gasteiger partial charge in [-0.05, 0) is 31.6 Å². The molecule has 1 saturated carbocycles. The van der Waals surface area contributed by atoms with Gasteiger partial charge in [-0.3, -0.25) is 19.3 Å². The molecule has 2 fully saturated rings. The molecule has 0 spiro atoms. The Morgan fingerprint density at radius 1 is 1.04 bits per heavy atom. The Bertz CT molecular complexity index is 482. The lowest BCUT2D eigenvalue weighted by atomic mass is 9.85. The molecule has 1 heterocycles. The van der Waals surface area contributed by atoms with E-state index in [9.17, 15) is 14.4 Å². The summed E-state index contributed by atoms with van der Waals surface area (Å²) in [6.07, 6.45) is 11.7. The maximum absolute atomic E-state index is 12.3. The number of hydrogen-bond acceptors (Lipinski definition) is 3. The summed E-state index contributed by atoms with van der Waals surface area (Å²) in [6.45, 7) is 0.955. The van der Waals surface area contributed by atoms with Crippen LogP contribution in [-0.4, -0.2) is 35.7 Å². The lowest BCUT2D eigenvalue weighted by molar-refractivity contribution is -0.140. The smallest absolute Gasteiger partial charge is 0.233 e. The molecule has 3 amide bonds. The lowest BCUT2D eigenvalue weighted by Crippen LogP contribution is -2.36. The van der Waals surface area contributed by atoms with Crippen molar-refractivity contribution in [2.24, 2.45) is 17.8 Å². The zero-order valence-electron chi connectivity index (χ0n) is 13.6. The van der Waals surface area contributed by atoms with Crippen molar-refractivity contribution in [2.45, 2.75) is 51.4 Å². The molecule has 5 heteroatoms. The molecule has 0 radical (unpaired) electrons.